The van der Waals surface area contributed by atoms with Crippen LogP contribution in [0, 0.1) is 5.82 Å². The first kappa shape index (κ1) is 25.7. The van der Waals surface area contributed by atoms with Crippen LogP contribution in [0.2, 0.25) is 10.0 Å². The molecule has 1 aromatic heterocycles. The molecule has 0 spiro atoms. The van der Waals surface area contributed by atoms with Crippen molar-refractivity contribution in [1.29, 1.82) is 0 Å². The summed E-state index contributed by atoms with van der Waals surface area (Å²) in [5.74, 6) is -0.616. The fourth-order valence-corrected chi connectivity index (χ4v) is 6.37. The molecular formula is C27H26Cl2FN3O3S. The number of hydrogen-bond acceptors (Lipinski definition) is 4. The van der Waals surface area contributed by atoms with Crippen molar-refractivity contribution in [3.8, 4) is 5.75 Å². The van der Waals surface area contributed by atoms with Gasteiger partial charge in [-0.1, -0.05) is 41.4 Å². The van der Waals surface area contributed by atoms with Gasteiger partial charge in [-0.3, -0.25) is 4.72 Å². The summed E-state index contributed by atoms with van der Waals surface area (Å²) < 4.78 is 48.8. The molecule has 6 nitrogen and oxygen atoms in total. The number of sulfonamides is 1. The number of anilines is 2. The van der Waals surface area contributed by atoms with Crippen LogP contribution >= 0.6 is 23.2 Å². The number of nitrogens with one attached hydrogen (secondary N) is 2. The predicted molar refractivity (Wildman–Crippen MR) is 147 cm³/mol. The summed E-state index contributed by atoms with van der Waals surface area (Å²) >= 11 is 12.3. The van der Waals surface area contributed by atoms with Crippen LogP contribution in [-0.2, 0) is 16.4 Å². The van der Waals surface area contributed by atoms with Gasteiger partial charge in [0, 0.05) is 36.4 Å². The van der Waals surface area contributed by atoms with Gasteiger partial charge in [-0.05, 0) is 61.6 Å². The number of para-hydroxylation sites is 1. The minimum absolute atomic E-state index is 0.211. The number of aromatic nitrogens is 1. The third-order valence-electron chi connectivity index (χ3n) is 6.47. The van der Waals surface area contributed by atoms with Crippen LogP contribution in [0.5, 0.6) is 5.75 Å². The summed E-state index contributed by atoms with van der Waals surface area (Å²) in [5.41, 5.74) is 3.32. The van der Waals surface area contributed by atoms with E-state index in [9.17, 15) is 12.8 Å². The van der Waals surface area contributed by atoms with E-state index in [1.807, 2.05) is 0 Å². The maximum absolute atomic E-state index is 14.8. The van der Waals surface area contributed by atoms with Gasteiger partial charge in [0.15, 0.2) is 0 Å². The van der Waals surface area contributed by atoms with Crippen LogP contribution < -0.4 is 14.4 Å². The number of aryl methyl sites for hydroxylation is 1. The van der Waals surface area contributed by atoms with Gasteiger partial charge in [-0.25, -0.2) is 12.8 Å². The van der Waals surface area contributed by atoms with Gasteiger partial charge < -0.3 is 14.6 Å². The number of halogens is 3. The standard InChI is InChI=1S/C27H26Cl2FN3O3S/c28-20-10-11-23(27-26(20)21(29)17-31-27)32-37(34,35)25-12-9-19(16-22(25)30)36-15-4-3-13-33-14-5-7-18-6-1-2-8-24(18)33/h1-2,6,8-12,16-17,31-32H,3-5,7,13-15H2. The quantitative estimate of drug-likeness (QED) is 0.215. The van der Waals surface area contributed by atoms with Crippen molar-refractivity contribution in [2.24, 2.45) is 0 Å². The Balaban J connectivity index is 1.18. The first-order chi connectivity index (χ1) is 17.8. The van der Waals surface area contributed by atoms with Gasteiger partial charge in [-0.15, -0.1) is 0 Å². The highest BCUT2D eigenvalue weighted by Gasteiger charge is 2.22. The molecule has 194 valence electrons. The van der Waals surface area contributed by atoms with Crippen LogP contribution in [0.1, 0.15) is 24.8 Å². The lowest BCUT2D eigenvalue weighted by atomic mass is 10.0. The number of fused-ring (bicyclic) bond motifs is 2. The summed E-state index contributed by atoms with van der Waals surface area (Å²) in [6, 6.07) is 15.3. The molecule has 10 heteroatoms. The first-order valence-corrected chi connectivity index (χ1v) is 14.3. The third-order valence-corrected chi connectivity index (χ3v) is 8.48. The molecule has 0 amide bonds. The Morgan fingerprint density at radius 2 is 1.89 bits per heavy atom. The number of hydrogen-bond donors (Lipinski definition) is 2. The molecule has 4 aromatic rings. The number of ether oxygens (including phenoxy) is 1. The van der Waals surface area contributed by atoms with Crippen LogP contribution in [0.15, 0.2) is 65.7 Å². The molecule has 0 unspecified atom stereocenters. The molecule has 1 aliphatic heterocycles. The normalized spacial score (nSPS) is 13.5. The van der Waals surface area contributed by atoms with Gasteiger partial charge >= 0.3 is 0 Å². The number of benzene rings is 3. The van der Waals surface area contributed by atoms with Crippen molar-refractivity contribution in [1.82, 2.24) is 4.98 Å². The smallest absolute Gasteiger partial charge is 0.264 e. The Morgan fingerprint density at radius 1 is 1.05 bits per heavy atom. The van der Waals surface area contributed by atoms with E-state index in [-0.39, 0.29) is 11.4 Å². The monoisotopic (exact) mass is 561 g/mol. The van der Waals surface area contributed by atoms with Gasteiger partial charge in [0.1, 0.15) is 16.5 Å². The van der Waals surface area contributed by atoms with Crippen molar-refractivity contribution in [3.05, 3.63) is 82.2 Å². The number of unbranched alkanes of at least 4 members (excludes halogenated alkanes) is 1. The van der Waals surface area contributed by atoms with Crippen LogP contribution in [-0.4, -0.2) is 33.1 Å². The molecule has 0 radical (unpaired) electrons. The molecule has 0 bridgehead atoms. The Hall–Kier alpha value is -2.94. The second-order valence-corrected chi connectivity index (χ2v) is 11.4. The lowest BCUT2D eigenvalue weighted by molar-refractivity contribution is 0.305. The zero-order valence-corrected chi connectivity index (χ0v) is 22.3. The second-order valence-electron chi connectivity index (χ2n) is 8.95. The fourth-order valence-electron chi connectivity index (χ4n) is 4.68. The molecule has 2 heterocycles. The summed E-state index contributed by atoms with van der Waals surface area (Å²) in [5, 5.41) is 1.21. The molecule has 37 heavy (non-hydrogen) atoms. The number of rotatable bonds is 9. The average molecular weight is 562 g/mol. The molecule has 1 aliphatic rings. The van der Waals surface area contributed by atoms with Crippen molar-refractivity contribution in [2.75, 3.05) is 29.3 Å². The van der Waals surface area contributed by atoms with E-state index < -0.39 is 20.7 Å². The Labute approximate surface area is 225 Å². The zero-order valence-electron chi connectivity index (χ0n) is 19.9. The topological polar surface area (TPSA) is 74.4 Å². The summed E-state index contributed by atoms with van der Waals surface area (Å²) in [7, 11) is -4.21. The Kier molecular flexibility index (Phi) is 7.51. The number of nitrogens with zero attached hydrogens (tertiary/aromatic N) is 1. The minimum Gasteiger partial charge on any atom is -0.493 e. The van der Waals surface area contributed by atoms with Crippen LogP contribution in [0.4, 0.5) is 15.8 Å². The van der Waals surface area contributed by atoms with E-state index in [1.165, 1.54) is 41.7 Å². The van der Waals surface area contributed by atoms with Gasteiger partial charge in [-0.2, -0.15) is 0 Å². The van der Waals surface area contributed by atoms with Crippen LogP contribution in [0.3, 0.4) is 0 Å². The van der Waals surface area contributed by atoms with Crippen molar-refractivity contribution in [2.45, 2.75) is 30.6 Å². The van der Waals surface area contributed by atoms with E-state index in [0.717, 1.165) is 44.8 Å². The summed E-state index contributed by atoms with van der Waals surface area (Å²) in [6.45, 7) is 2.39. The van der Waals surface area contributed by atoms with E-state index >= 15 is 0 Å². The maximum atomic E-state index is 14.8. The number of H-pyrrole nitrogens is 1. The number of aromatic amines is 1. The highest BCUT2D eigenvalue weighted by Crippen LogP contribution is 2.36. The van der Waals surface area contributed by atoms with E-state index in [1.54, 1.807) is 0 Å². The van der Waals surface area contributed by atoms with Crippen LogP contribution in [0.25, 0.3) is 10.9 Å². The van der Waals surface area contributed by atoms with Gasteiger partial charge in [0.05, 0.1) is 27.9 Å². The molecule has 0 atom stereocenters. The molecule has 2 N–H and O–H groups in total. The van der Waals surface area contributed by atoms with Gasteiger partial charge in [0.25, 0.3) is 10.0 Å². The third kappa shape index (κ3) is 5.51. The molecule has 5 rings (SSSR count). The lowest BCUT2D eigenvalue weighted by Gasteiger charge is -2.31. The van der Waals surface area contributed by atoms with Crippen molar-refractivity contribution < 1.29 is 17.5 Å². The van der Waals surface area contributed by atoms with Gasteiger partial charge in [0.2, 0.25) is 0 Å². The first-order valence-electron chi connectivity index (χ1n) is 12.1. The highest BCUT2D eigenvalue weighted by atomic mass is 35.5. The van der Waals surface area contributed by atoms with E-state index in [0.29, 0.717) is 27.6 Å². The summed E-state index contributed by atoms with van der Waals surface area (Å²) in [4.78, 5) is 4.82. The molecule has 3 aromatic carbocycles. The predicted octanol–water partition coefficient (Wildman–Crippen LogP) is 7.03. The second kappa shape index (κ2) is 10.8. The SMILES string of the molecule is O=S(=O)(Nc1ccc(Cl)c2c(Cl)c[nH]c12)c1ccc(OCCCCN2CCCc3ccccc32)cc1F. The Bertz CT molecular complexity index is 1540. The molecule has 0 aliphatic carbocycles. The van der Waals surface area contributed by atoms with E-state index in [2.05, 4.69) is 38.9 Å². The minimum atomic E-state index is -4.21. The fraction of sp³-hybridized carbons (Fsp3) is 0.259. The maximum Gasteiger partial charge on any atom is 0.264 e. The highest BCUT2D eigenvalue weighted by molar-refractivity contribution is 7.92. The average Bonchev–Trinajstić information content (AvgIpc) is 3.28. The lowest BCUT2D eigenvalue weighted by Crippen LogP contribution is -2.30. The van der Waals surface area contributed by atoms with E-state index in [4.69, 9.17) is 27.9 Å². The molecule has 0 fully saturated rings. The molecule has 0 saturated carbocycles. The largest absolute Gasteiger partial charge is 0.493 e. The molecular weight excluding hydrogens is 536 g/mol. The molecule has 0 saturated heterocycles. The zero-order chi connectivity index (χ0) is 26.0. The summed E-state index contributed by atoms with van der Waals surface area (Å²) in [6.07, 6.45) is 5.51. The Morgan fingerprint density at radius 3 is 2.73 bits per heavy atom. The van der Waals surface area contributed by atoms with Crippen molar-refractivity contribution in [3.63, 3.8) is 0 Å². The van der Waals surface area contributed by atoms with Crippen molar-refractivity contribution >= 4 is 55.5 Å².